The van der Waals surface area contributed by atoms with Gasteiger partial charge >= 0.3 is 0 Å². The van der Waals surface area contributed by atoms with Crippen LogP contribution in [0.5, 0.6) is 0 Å². The summed E-state index contributed by atoms with van der Waals surface area (Å²) in [5.41, 5.74) is 3.21. The minimum absolute atomic E-state index is 0.564. The van der Waals surface area contributed by atoms with E-state index in [4.69, 9.17) is 0 Å². The Balaban J connectivity index is 2.12. The van der Waals surface area contributed by atoms with Crippen molar-refractivity contribution in [3.8, 4) is 6.07 Å². The molecule has 2 aromatic rings. The van der Waals surface area contributed by atoms with Gasteiger partial charge in [0.25, 0.3) is 0 Å². The zero-order valence-electron chi connectivity index (χ0n) is 11.2. The number of rotatable bonds is 2. The van der Waals surface area contributed by atoms with Gasteiger partial charge in [0.2, 0.25) is 0 Å². The van der Waals surface area contributed by atoms with Gasteiger partial charge in [0.05, 0.1) is 11.6 Å². The molecule has 1 aliphatic rings. The molecule has 1 fully saturated rings. The van der Waals surface area contributed by atoms with Crippen LogP contribution in [-0.4, -0.2) is 18.1 Å². The normalized spacial score (nSPS) is 23.4. The number of piperidine rings is 1. The highest BCUT2D eigenvalue weighted by atomic mass is 14.9. The van der Waals surface area contributed by atoms with Crippen LogP contribution in [-0.2, 0) is 0 Å². The Morgan fingerprint density at radius 2 is 2.32 bits per heavy atom. The number of aromatic amines is 1. The molecule has 2 heterocycles. The van der Waals surface area contributed by atoms with E-state index in [0.717, 1.165) is 36.0 Å². The lowest BCUT2D eigenvalue weighted by molar-refractivity contribution is 0.319. The molecule has 1 aromatic heterocycles. The maximum absolute atomic E-state index is 9.32. The van der Waals surface area contributed by atoms with Crippen molar-refractivity contribution < 1.29 is 0 Å². The van der Waals surface area contributed by atoms with Crippen LogP contribution in [0.1, 0.15) is 36.8 Å². The van der Waals surface area contributed by atoms with Crippen LogP contribution in [0.2, 0.25) is 0 Å². The highest BCUT2D eigenvalue weighted by molar-refractivity contribution is 5.89. The van der Waals surface area contributed by atoms with E-state index in [1.165, 1.54) is 12.0 Å². The number of fused-ring (bicyclic) bond motifs is 1. The zero-order valence-corrected chi connectivity index (χ0v) is 11.2. The Hall–Kier alpha value is -1.79. The summed E-state index contributed by atoms with van der Waals surface area (Å²) in [6.07, 6.45) is 4.45. The Morgan fingerprint density at radius 3 is 3.11 bits per heavy atom. The number of aromatic nitrogens is 1. The Bertz CT molecular complexity index is 620. The molecule has 0 saturated carbocycles. The third kappa shape index (κ3) is 2.02. The number of H-pyrrole nitrogens is 1. The average molecular weight is 253 g/mol. The van der Waals surface area contributed by atoms with Crippen LogP contribution in [0.3, 0.4) is 0 Å². The van der Waals surface area contributed by atoms with Crippen LogP contribution < -0.4 is 5.32 Å². The Labute approximate surface area is 113 Å². The molecule has 3 nitrogen and oxygen atoms in total. The number of nitrogens with one attached hydrogen (secondary N) is 2. The average Bonchev–Trinajstić information content (AvgIpc) is 2.91. The van der Waals surface area contributed by atoms with Crippen molar-refractivity contribution in [1.29, 1.82) is 5.26 Å². The molecule has 0 spiro atoms. The van der Waals surface area contributed by atoms with Gasteiger partial charge in [-0.05, 0) is 49.0 Å². The second kappa shape index (κ2) is 5.07. The molecule has 3 heteroatoms. The summed E-state index contributed by atoms with van der Waals surface area (Å²) in [4.78, 5) is 3.33. The van der Waals surface area contributed by atoms with Crippen molar-refractivity contribution in [3.05, 3.63) is 35.5 Å². The first-order valence-electron chi connectivity index (χ1n) is 7.06. The molecule has 0 radical (unpaired) electrons. The predicted octanol–water partition coefficient (Wildman–Crippen LogP) is 3.14. The number of nitrogens with zero attached hydrogens (tertiary/aromatic N) is 1. The summed E-state index contributed by atoms with van der Waals surface area (Å²) in [7, 11) is 0. The Morgan fingerprint density at radius 1 is 1.42 bits per heavy atom. The van der Waals surface area contributed by atoms with Gasteiger partial charge in [-0.3, -0.25) is 0 Å². The van der Waals surface area contributed by atoms with E-state index in [0.29, 0.717) is 11.8 Å². The second-order valence-electron chi connectivity index (χ2n) is 5.35. The molecule has 3 rings (SSSR count). The topological polar surface area (TPSA) is 51.6 Å². The summed E-state index contributed by atoms with van der Waals surface area (Å²) < 4.78 is 0. The second-order valence-corrected chi connectivity index (χ2v) is 5.35. The van der Waals surface area contributed by atoms with Gasteiger partial charge in [0.1, 0.15) is 0 Å². The maximum atomic E-state index is 9.32. The van der Waals surface area contributed by atoms with Gasteiger partial charge in [0.15, 0.2) is 0 Å². The third-order valence-electron chi connectivity index (χ3n) is 4.39. The van der Waals surface area contributed by atoms with Gasteiger partial charge in [0, 0.05) is 17.1 Å². The number of hydrogen-bond donors (Lipinski definition) is 2. The van der Waals surface area contributed by atoms with Crippen molar-refractivity contribution in [2.45, 2.75) is 25.7 Å². The van der Waals surface area contributed by atoms with Gasteiger partial charge in [-0.25, -0.2) is 0 Å². The van der Waals surface area contributed by atoms with Gasteiger partial charge < -0.3 is 10.3 Å². The van der Waals surface area contributed by atoms with Crippen molar-refractivity contribution in [2.24, 2.45) is 5.92 Å². The van der Waals surface area contributed by atoms with Gasteiger partial charge in [-0.1, -0.05) is 19.4 Å². The van der Waals surface area contributed by atoms with E-state index < -0.39 is 0 Å². The minimum Gasteiger partial charge on any atom is -0.361 e. The van der Waals surface area contributed by atoms with E-state index in [9.17, 15) is 5.26 Å². The van der Waals surface area contributed by atoms with Crippen LogP contribution in [0.25, 0.3) is 10.9 Å². The molecule has 2 N–H and O–H groups in total. The molecular weight excluding hydrogens is 234 g/mol. The largest absolute Gasteiger partial charge is 0.361 e. The predicted molar refractivity (Wildman–Crippen MR) is 77.0 cm³/mol. The molecule has 0 bridgehead atoms. The zero-order chi connectivity index (χ0) is 13.2. The van der Waals surface area contributed by atoms with Crippen LogP contribution in [0.4, 0.5) is 0 Å². The van der Waals surface area contributed by atoms with Crippen molar-refractivity contribution in [1.82, 2.24) is 10.3 Å². The van der Waals surface area contributed by atoms with Crippen molar-refractivity contribution in [3.63, 3.8) is 0 Å². The minimum atomic E-state index is 0.564. The molecule has 2 atom stereocenters. The third-order valence-corrected chi connectivity index (χ3v) is 4.39. The van der Waals surface area contributed by atoms with E-state index in [1.807, 2.05) is 12.1 Å². The molecule has 19 heavy (non-hydrogen) atoms. The molecule has 2 unspecified atom stereocenters. The van der Waals surface area contributed by atoms with Crippen molar-refractivity contribution in [2.75, 3.05) is 13.1 Å². The first-order chi connectivity index (χ1) is 9.35. The summed E-state index contributed by atoms with van der Waals surface area (Å²) in [5.74, 6) is 1.23. The van der Waals surface area contributed by atoms with E-state index in [2.05, 4.69) is 35.6 Å². The quantitative estimate of drug-likeness (QED) is 0.864. The monoisotopic (exact) mass is 253 g/mol. The molecule has 0 amide bonds. The molecule has 1 aromatic carbocycles. The van der Waals surface area contributed by atoms with Gasteiger partial charge in [-0.15, -0.1) is 0 Å². The molecular formula is C16H19N3. The standard InChI is InChI=1S/C16H19N3/c1-2-11-9-18-7-6-13(11)14-10-19-15-5-3-4-12(8-17)16(14)15/h3-5,10-11,13,18-19H,2,6-7,9H2,1H3. The fourth-order valence-electron chi connectivity index (χ4n) is 3.36. The number of benzene rings is 1. The highest BCUT2D eigenvalue weighted by Crippen LogP contribution is 2.37. The van der Waals surface area contributed by atoms with E-state index in [-0.39, 0.29) is 0 Å². The maximum Gasteiger partial charge on any atom is 0.0998 e. The smallest absolute Gasteiger partial charge is 0.0998 e. The van der Waals surface area contributed by atoms with Crippen LogP contribution in [0, 0.1) is 17.2 Å². The SMILES string of the molecule is CCC1CNCCC1c1c[nH]c2cccc(C#N)c12. The summed E-state index contributed by atoms with van der Waals surface area (Å²) in [6.45, 7) is 4.41. The van der Waals surface area contributed by atoms with Crippen molar-refractivity contribution >= 4 is 10.9 Å². The lowest BCUT2D eigenvalue weighted by Crippen LogP contribution is -2.35. The van der Waals surface area contributed by atoms with E-state index >= 15 is 0 Å². The Kier molecular flexibility index (Phi) is 3.27. The molecule has 0 aliphatic carbocycles. The summed E-state index contributed by atoms with van der Waals surface area (Å²) >= 11 is 0. The summed E-state index contributed by atoms with van der Waals surface area (Å²) in [5, 5.41) is 13.9. The first-order valence-corrected chi connectivity index (χ1v) is 7.06. The van der Waals surface area contributed by atoms with E-state index in [1.54, 1.807) is 0 Å². The lowest BCUT2D eigenvalue weighted by atomic mass is 9.79. The fraction of sp³-hybridized carbons (Fsp3) is 0.438. The molecule has 98 valence electrons. The first kappa shape index (κ1) is 12.3. The molecule has 1 aliphatic heterocycles. The van der Waals surface area contributed by atoms with Crippen LogP contribution in [0.15, 0.2) is 24.4 Å². The van der Waals surface area contributed by atoms with Crippen LogP contribution >= 0.6 is 0 Å². The fourth-order valence-corrected chi connectivity index (χ4v) is 3.36. The number of nitriles is 1. The van der Waals surface area contributed by atoms with Gasteiger partial charge in [-0.2, -0.15) is 5.26 Å². The summed E-state index contributed by atoms with van der Waals surface area (Å²) in [6, 6.07) is 8.25. The molecule has 1 saturated heterocycles. The lowest BCUT2D eigenvalue weighted by Gasteiger charge is -2.31. The highest BCUT2D eigenvalue weighted by Gasteiger charge is 2.27. The number of hydrogen-bond acceptors (Lipinski definition) is 2.